The minimum Gasteiger partial charge on any atom is -0.508 e. The molecule has 156 valence electrons. The van der Waals surface area contributed by atoms with Crippen molar-refractivity contribution >= 4 is 0 Å². The Labute approximate surface area is 166 Å². The van der Waals surface area contributed by atoms with Crippen molar-refractivity contribution in [2.24, 2.45) is 0 Å². The van der Waals surface area contributed by atoms with Crippen LogP contribution in [0.2, 0.25) is 0 Å². The highest BCUT2D eigenvalue weighted by Crippen LogP contribution is 2.43. The highest BCUT2D eigenvalue weighted by atomic mass is 16.7. The van der Waals surface area contributed by atoms with Crippen LogP contribution in [0, 0.1) is 0 Å². The van der Waals surface area contributed by atoms with Crippen molar-refractivity contribution in [3.63, 3.8) is 0 Å². The predicted octanol–water partition coefficient (Wildman–Crippen LogP) is -0.0457. The van der Waals surface area contributed by atoms with Crippen molar-refractivity contribution in [2.45, 2.75) is 36.6 Å². The molecule has 5 atom stereocenters. The summed E-state index contributed by atoms with van der Waals surface area (Å²) in [6.45, 7) is -1.00. The molecule has 1 fully saturated rings. The molecule has 0 aliphatic carbocycles. The fourth-order valence-corrected chi connectivity index (χ4v) is 3.50. The molecule has 5 unspecified atom stereocenters. The van der Waals surface area contributed by atoms with Gasteiger partial charge in [0.1, 0.15) is 40.8 Å². The summed E-state index contributed by atoms with van der Waals surface area (Å²) in [6, 6.07) is 9.01. The van der Waals surface area contributed by atoms with E-state index in [1.54, 1.807) is 12.1 Å². The van der Waals surface area contributed by atoms with Crippen molar-refractivity contribution in [3.8, 4) is 23.0 Å². The second kappa shape index (κ2) is 7.36. The quantitative estimate of drug-likeness (QED) is 0.411. The van der Waals surface area contributed by atoms with Gasteiger partial charge >= 0.3 is 0 Å². The minimum atomic E-state index is -1.83. The Morgan fingerprint density at radius 1 is 1.10 bits per heavy atom. The van der Waals surface area contributed by atoms with E-state index in [4.69, 9.17) is 14.2 Å². The summed E-state index contributed by atoms with van der Waals surface area (Å²) < 4.78 is 16.6. The maximum absolute atomic E-state index is 10.4. The predicted molar refractivity (Wildman–Crippen MR) is 97.7 cm³/mol. The van der Waals surface area contributed by atoms with Gasteiger partial charge in [-0.25, -0.2) is 0 Å². The van der Waals surface area contributed by atoms with Gasteiger partial charge in [0.2, 0.25) is 6.29 Å². The van der Waals surface area contributed by atoms with Gasteiger partial charge in [-0.3, -0.25) is 0 Å². The van der Waals surface area contributed by atoms with E-state index < -0.39 is 36.8 Å². The largest absolute Gasteiger partial charge is 0.508 e. The molecule has 0 saturated carbocycles. The highest BCUT2D eigenvalue weighted by Gasteiger charge is 2.49. The first-order valence-electron chi connectivity index (χ1n) is 9.10. The monoisotopic (exact) mass is 406 g/mol. The number of aromatic hydroxyl groups is 2. The van der Waals surface area contributed by atoms with Gasteiger partial charge in [-0.05, 0) is 17.7 Å². The van der Waals surface area contributed by atoms with Gasteiger partial charge in [-0.15, -0.1) is 0 Å². The van der Waals surface area contributed by atoms with Crippen LogP contribution in [0.15, 0.2) is 36.4 Å². The highest BCUT2D eigenvalue weighted by molar-refractivity contribution is 5.52. The van der Waals surface area contributed by atoms with Crippen molar-refractivity contribution in [2.75, 3.05) is 13.2 Å². The Bertz CT molecular complexity index is 884. The lowest BCUT2D eigenvalue weighted by Crippen LogP contribution is -2.48. The normalized spacial score (nSPS) is 31.2. The molecule has 2 aliphatic rings. The Balaban J connectivity index is 1.57. The van der Waals surface area contributed by atoms with E-state index >= 15 is 0 Å². The second-order valence-electron chi connectivity index (χ2n) is 7.32. The molecule has 2 aromatic carbocycles. The SMILES string of the molecule is OCC1(O)COC(Oc2cc(O)c3c(c2)OC(c2ccc(O)cc2)C(O)C3)C1O. The van der Waals surface area contributed by atoms with E-state index in [1.807, 2.05) is 0 Å². The van der Waals surface area contributed by atoms with E-state index in [9.17, 15) is 30.6 Å². The summed E-state index contributed by atoms with van der Waals surface area (Å²) >= 11 is 0. The van der Waals surface area contributed by atoms with Gasteiger partial charge in [-0.1, -0.05) is 12.1 Å². The van der Waals surface area contributed by atoms with Crippen LogP contribution in [0.3, 0.4) is 0 Å². The first kappa shape index (κ1) is 19.7. The lowest BCUT2D eigenvalue weighted by molar-refractivity contribution is -0.115. The van der Waals surface area contributed by atoms with Crippen LogP contribution in [0.4, 0.5) is 0 Å². The molecule has 0 radical (unpaired) electrons. The van der Waals surface area contributed by atoms with Gasteiger partial charge in [0.25, 0.3) is 0 Å². The Morgan fingerprint density at radius 3 is 2.48 bits per heavy atom. The molecule has 0 bridgehead atoms. The number of hydrogen-bond donors (Lipinski definition) is 6. The number of hydrogen-bond acceptors (Lipinski definition) is 9. The fraction of sp³-hybridized carbons (Fsp3) is 0.400. The van der Waals surface area contributed by atoms with Crippen LogP contribution in [0.1, 0.15) is 17.2 Å². The molecule has 2 heterocycles. The van der Waals surface area contributed by atoms with Crippen molar-refractivity contribution in [1.29, 1.82) is 0 Å². The summed E-state index contributed by atoms with van der Waals surface area (Å²) in [5.41, 5.74) is -0.778. The number of aliphatic hydroxyl groups is 4. The number of phenolic OH excluding ortho intramolecular Hbond substituents is 2. The number of aliphatic hydroxyl groups excluding tert-OH is 3. The topological polar surface area (TPSA) is 149 Å². The van der Waals surface area contributed by atoms with Crippen LogP contribution < -0.4 is 9.47 Å². The molecule has 4 rings (SSSR count). The summed E-state index contributed by atoms with van der Waals surface area (Å²) in [4.78, 5) is 0. The second-order valence-corrected chi connectivity index (χ2v) is 7.32. The lowest BCUT2D eigenvalue weighted by Gasteiger charge is -2.32. The molecule has 9 heteroatoms. The molecule has 0 spiro atoms. The van der Waals surface area contributed by atoms with Crippen molar-refractivity contribution in [1.82, 2.24) is 0 Å². The van der Waals surface area contributed by atoms with Crippen LogP contribution in [-0.2, 0) is 11.2 Å². The number of benzene rings is 2. The Hall–Kier alpha value is -2.56. The molecule has 2 aliphatic heterocycles. The smallest absolute Gasteiger partial charge is 0.229 e. The van der Waals surface area contributed by atoms with E-state index in [-0.39, 0.29) is 36.0 Å². The molecule has 9 nitrogen and oxygen atoms in total. The molecular weight excluding hydrogens is 384 g/mol. The third kappa shape index (κ3) is 3.59. The van der Waals surface area contributed by atoms with E-state index in [0.717, 1.165) is 0 Å². The number of ether oxygens (including phenoxy) is 3. The Kier molecular flexibility index (Phi) is 5.01. The maximum atomic E-state index is 10.4. The van der Waals surface area contributed by atoms with Crippen LogP contribution in [0.25, 0.3) is 0 Å². The first-order chi connectivity index (χ1) is 13.8. The van der Waals surface area contributed by atoms with Gasteiger partial charge in [0, 0.05) is 24.1 Å². The Morgan fingerprint density at radius 2 is 1.83 bits per heavy atom. The number of phenols is 2. The van der Waals surface area contributed by atoms with E-state index in [2.05, 4.69) is 0 Å². The molecule has 6 N–H and O–H groups in total. The van der Waals surface area contributed by atoms with Gasteiger partial charge in [0.05, 0.1) is 19.3 Å². The van der Waals surface area contributed by atoms with Crippen LogP contribution in [0.5, 0.6) is 23.0 Å². The number of rotatable bonds is 4. The van der Waals surface area contributed by atoms with Crippen molar-refractivity contribution in [3.05, 3.63) is 47.5 Å². The lowest BCUT2D eigenvalue weighted by atomic mass is 9.94. The van der Waals surface area contributed by atoms with Crippen LogP contribution >= 0.6 is 0 Å². The zero-order chi connectivity index (χ0) is 20.8. The zero-order valence-corrected chi connectivity index (χ0v) is 15.3. The molecule has 0 amide bonds. The summed E-state index contributed by atoms with van der Waals surface area (Å²) in [6.07, 6.45) is -4.22. The average molecular weight is 406 g/mol. The van der Waals surface area contributed by atoms with Gasteiger partial charge in [0.15, 0.2) is 0 Å². The molecular formula is C20H22O9. The average Bonchev–Trinajstić information content (AvgIpc) is 2.98. The third-order valence-electron chi connectivity index (χ3n) is 5.23. The summed E-state index contributed by atoms with van der Waals surface area (Å²) in [5.74, 6) is 0.331. The third-order valence-corrected chi connectivity index (χ3v) is 5.23. The van der Waals surface area contributed by atoms with Crippen molar-refractivity contribution < 1.29 is 44.8 Å². The number of fused-ring (bicyclic) bond motifs is 1. The minimum absolute atomic E-state index is 0.0886. The fourth-order valence-electron chi connectivity index (χ4n) is 3.50. The zero-order valence-electron chi connectivity index (χ0n) is 15.3. The van der Waals surface area contributed by atoms with E-state index in [1.165, 1.54) is 24.3 Å². The summed E-state index contributed by atoms with van der Waals surface area (Å²) in [5, 5.41) is 59.6. The molecule has 2 aromatic rings. The van der Waals surface area contributed by atoms with Gasteiger partial charge < -0.3 is 44.8 Å². The maximum Gasteiger partial charge on any atom is 0.229 e. The van der Waals surface area contributed by atoms with E-state index in [0.29, 0.717) is 11.1 Å². The summed E-state index contributed by atoms with van der Waals surface area (Å²) in [7, 11) is 0. The molecule has 29 heavy (non-hydrogen) atoms. The van der Waals surface area contributed by atoms with Gasteiger partial charge in [-0.2, -0.15) is 0 Å². The standard InChI is InChI=1S/C20H22O9/c21-8-20(26)9-27-19(18(20)25)28-12-5-14(23)13-7-15(24)17(29-16(13)6-12)10-1-3-11(22)4-2-10/h1-6,15,17-19,21-26H,7-9H2. The molecule has 1 saturated heterocycles. The first-order valence-corrected chi connectivity index (χ1v) is 9.10. The molecule has 0 aromatic heterocycles. The van der Waals surface area contributed by atoms with Crippen LogP contribution in [-0.4, -0.2) is 68.0 Å².